The molecule has 0 spiro atoms. The fourth-order valence-corrected chi connectivity index (χ4v) is 3.37. The van der Waals surface area contributed by atoms with E-state index in [-0.39, 0.29) is 0 Å². The number of nitrogens with one attached hydrogen (secondary N) is 2. The lowest BCUT2D eigenvalue weighted by molar-refractivity contribution is 0.0220. The zero-order valence-electron chi connectivity index (χ0n) is 15.7. The van der Waals surface area contributed by atoms with E-state index >= 15 is 0 Å². The van der Waals surface area contributed by atoms with Crippen molar-refractivity contribution in [1.82, 2.24) is 20.4 Å². The summed E-state index contributed by atoms with van der Waals surface area (Å²) in [6.07, 6.45) is 5.25. The van der Waals surface area contributed by atoms with Crippen LogP contribution < -0.4 is 10.6 Å². The average molecular weight is 340 g/mol. The van der Waals surface area contributed by atoms with Gasteiger partial charge in [0.05, 0.1) is 19.8 Å². The number of ether oxygens (including phenoxy) is 1. The Morgan fingerprint density at radius 2 is 1.83 bits per heavy atom. The molecule has 2 fully saturated rings. The number of unbranched alkanes of at least 4 members (excludes halogenated alkanes) is 1. The van der Waals surface area contributed by atoms with Crippen LogP contribution in [0.15, 0.2) is 4.99 Å². The molecule has 2 aliphatic heterocycles. The molecule has 0 aromatic heterocycles. The molecule has 0 radical (unpaired) electrons. The Morgan fingerprint density at radius 1 is 1.08 bits per heavy atom. The summed E-state index contributed by atoms with van der Waals surface area (Å²) in [7, 11) is 0. The summed E-state index contributed by atoms with van der Waals surface area (Å²) in [4.78, 5) is 9.82. The second kappa shape index (κ2) is 11.7. The average Bonchev–Trinajstić information content (AvgIpc) is 3.13. The lowest BCUT2D eigenvalue weighted by Gasteiger charge is -2.31. The SMILES string of the molecule is CCNC(=NCC(C)N1CCOCC1)NCCCCN1CCCC1. The highest BCUT2D eigenvalue weighted by Crippen LogP contribution is 2.08. The van der Waals surface area contributed by atoms with Crippen molar-refractivity contribution in [3.05, 3.63) is 0 Å². The molecular formula is C18H37N5O. The van der Waals surface area contributed by atoms with Crippen LogP contribution in [0.4, 0.5) is 0 Å². The Morgan fingerprint density at radius 3 is 2.54 bits per heavy atom. The largest absolute Gasteiger partial charge is 0.379 e. The standard InChI is InChI=1S/C18H37N5O/c1-3-19-18(20-8-4-5-9-22-10-6-7-11-22)21-16-17(2)23-12-14-24-15-13-23/h17H,3-16H2,1-2H3,(H2,19,20,21). The van der Waals surface area contributed by atoms with E-state index in [2.05, 4.69) is 34.3 Å². The number of hydrogen-bond donors (Lipinski definition) is 2. The Kier molecular flexibility index (Phi) is 9.46. The number of guanidine groups is 1. The van der Waals surface area contributed by atoms with Gasteiger partial charge in [0, 0.05) is 32.2 Å². The summed E-state index contributed by atoms with van der Waals surface area (Å²) in [5.74, 6) is 0.957. The molecule has 2 heterocycles. The van der Waals surface area contributed by atoms with Gasteiger partial charge in [-0.15, -0.1) is 0 Å². The van der Waals surface area contributed by atoms with Crippen LogP contribution in [0.3, 0.4) is 0 Å². The molecule has 24 heavy (non-hydrogen) atoms. The third-order valence-electron chi connectivity index (χ3n) is 4.92. The predicted octanol–water partition coefficient (Wildman–Crippen LogP) is 1.14. The molecule has 0 aliphatic carbocycles. The van der Waals surface area contributed by atoms with E-state index in [1.54, 1.807) is 0 Å². The van der Waals surface area contributed by atoms with Gasteiger partial charge in [-0.1, -0.05) is 0 Å². The van der Waals surface area contributed by atoms with Crippen LogP contribution >= 0.6 is 0 Å². The molecule has 0 aromatic rings. The molecule has 2 N–H and O–H groups in total. The Hall–Kier alpha value is -0.850. The van der Waals surface area contributed by atoms with Gasteiger partial charge in [-0.3, -0.25) is 9.89 Å². The van der Waals surface area contributed by atoms with Crippen molar-refractivity contribution >= 4 is 5.96 Å². The first-order valence-corrected chi connectivity index (χ1v) is 9.86. The Bertz CT molecular complexity index is 351. The second-order valence-electron chi connectivity index (χ2n) is 6.90. The monoisotopic (exact) mass is 339 g/mol. The molecule has 6 nitrogen and oxygen atoms in total. The molecule has 6 heteroatoms. The number of aliphatic imine (C=N–C) groups is 1. The second-order valence-corrected chi connectivity index (χ2v) is 6.90. The van der Waals surface area contributed by atoms with Crippen molar-refractivity contribution in [2.24, 2.45) is 4.99 Å². The fourth-order valence-electron chi connectivity index (χ4n) is 3.37. The number of morpholine rings is 1. The first kappa shape index (κ1) is 19.5. The third-order valence-corrected chi connectivity index (χ3v) is 4.92. The Balaban J connectivity index is 1.61. The Labute approximate surface area is 148 Å². The number of likely N-dealkylation sites (tertiary alicyclic amines) is 1. The quantitative estimate of drug-likeness (QED) is 0.375. The van der Waals surface area contributed by atoms with E-state index in [0.717, 1.165) is 51.9 Å². The van der Waals surface area contributed by atoms with Crippen LogP contribution in [0.5, 0.6) is 0 Å². The summed E-state index contributed by atoms with van der Waals surface area (Å²) in [6, 6.07) is 0.472. The lowest BCUT2D eigenvalue weighted by Crippen LogP contribution is -2.44. The van der Waals surface area contributed by atoms with Crippen molar-refractivity contribution in [3.63, 3.8) is 0 Å². The maximum absolute atomic E-state index is 5.42. The molecule has 1 atom stereocenters. The molecule has 0 bridgehead atoms. The van der Waals surface area contributed by atoms with Gasteiger partial charge in [0.2, 0.25) is 0 Å². The number of hydrogen-bond acceptors (Lipinski definition) is 4. The molecule has 140 valence electrons. The van der Waals surface area contributed by atoms with Gasteiger partial charge in [0.15, 0.2) is 5.96 Å². The number of rotatable bonds is 9. The highest BCUT2D eigenvalue weighted by Gasteiger charge is 2.16. The van der Waals surface area contributed by atoms with Crippen molar-refractivity contribution in [3.8, 4) is 0 Å². The summed E-state index contributed by atoms with van der Waals surface area (Å²) >= 11 is 0. The summed E-state index contributed by atoms with van der Waals surface area (Å²) < 4.78 is 5.42. The third kappa shape index (κ3) is 7.36. The maximum atomic E-state index is 5.42. The predicted molar refractivity (Wildman–Crippen MR) is 101 cm³/mol. The van der Waals surface area contributed by atoms with Crippen LogP contribution in [-0.2, 0) is 4.74 Å². The van der Waals surface area contributed by atoms with Gasteiger partial charge in [-0.2, -0.15) is 0 Å². The highest BCUT2D eigenvalue weighted by atomic mass is 16.5. The smallest absolute Gasteiger partial charge is 0.191 e. The molecular weight excluding hydrogens is 302 g/mol. The van der Waals surface area contributed by atoms with Gasteiger partial charge in [-0.05, 0) is 59.2 Å². The molecule has 2 saturated heterocycles. The van der Waals surface area contributed by atoms with Crippen LogP contribution in [0, 0.1) is 0 Å². The van der Waals surface area contributed by atoms with E-state index in [1.165, 1.54) is 45.3 Å². The van der Waals surface area contributed by atoms with E-state index in [4.69, 9.17) is 9.73 Å². The zero-order chi connectivity index (χ0) is 17.0. The van der Waals surface area contributed by atoms with E-state index in [0.29, 0.717) is 6.04 Å². The van der Waals surface area contributed by atoms with Crippen LogP contribution in [0.1, 0.15) is 39.5 Å². The van der Waals surface area contributed by atoms with Crippen LogP contribution in [0.2, 0.25) is 0 Å². The lowest BCUT2D eigenvalue weighted by atomic mass is 10.2. The number of nitrogens with zero attached hydrogens (tertiary/aromatic N) is 3. The molecule has 1 unspecified atom stereocenters. The first-order chi connectivity index (χ1) is 11.8. The van der Waals surface area contributed by atoms with E-state index < -0.39 is 0 Å². The van der Waals surface area contributed by atoms with Crippen LogP contribution in [-0.4, -0.2) is 87.4 Å². The molecule has 2 rings (SSSR count). The summed E-state index contributed by atoms with van der Waals surface area (Å²) in [6.45, 7) is 14.7. The topological polar surface area (TPSA) is 52.1 Å². The fraction of sp³-hybridized carbons (Fsp3) is 0.944. The van der Waals surface area contributed by atoms with Crippen molar-refractivity contribution < 1.29 is 4.74 Å². The molecule has 0 aromatic carbocycles. The normalized spacial score (nSPS) is 21.8. The van der Waals surface area contributed by atoms with Gasteiger partial charge in [0.25, 0.3) is 0 Å². The highest BCUT2D eigenvalue weighted by molar-refractivity contribution is 5.79. The van der Waals surface area contributed by atoms with Crippen LogP contribution in [0.25, 0.3) is 0 Å². The van der Waals surface area contributed by atoms with Gasteiger partial charge >= 0.3 is 0 Å². The van der Waals surface area contributed by atoms with E-state index in [1.807, 2.05) is 0 Å². The maximum Gasteiger partial charge on any atom is 0.191 e. The van der Waals surface area contributed by atoms with E-state index in [9.17, 15) is 0 Å². The summed E-state index contributed by atoms with van der Waals surface area (Å²) in [5.41, 5.74) is 0. The minimum atomic E-state index is 0.472. The van der Waals surface area contributed by atoms with Crippen molar-refractivity contribution in [1.29, 1.82) is 0 Å². The van der Waals surface area contributed by atoms with Crippen molar-refractivity contribution in [2.45, 2.75) is 45.6 Å². The van der Waals surface area contributed by atoms with Crippen molar-refractivity contribution in [2.75, 3.05) is 65.6 Å². The minimum Gasteiger partial charge on any atom is -0.379 e. The van der Waals surface area contributed by atoms with Gasteiger partial charge in [-0.25, -0.2) is 0 Å². The molecule has 2 aliphatic rings. The molecule has 0 amide bonds. The van der Waals surface area contributed by atoms with Gasteiger partial charge in [0.1, 0.15) is 0 Å². The first-order valence-electron chi connectivity index (χ1n) is 9.86. The zero-order valence-corrected chi connectivity index (χ0v) is 15.7. The van der Waals surface area contributed by atoms with Gasteiger partial charge < -0.3 is 20.3 Å². The summed E-state index contributed by atoms with van der Waals surface area (Å²) in [5, 5.41) is 6.84. The molecule has 0 saturated carbocycles. The minimum absolute atomic E-state index is 0.472.